The molecule has 0 bridgehead atoms. The quantitative estimate of drug-likeness (QED) is 0.507. The number of hydrogen-bond acceptors (Lipinski definition) is 6. The molecule has 1 fully saturated rings. The Labute approximate surface area is 193 Å². The van der Waals surface area contributed by atoms with Gasteiger partial charge in [-0.2, -0.15) is 4.31 Å². The summed E-state index contributed by atoms with van der Waals surface area (Å²) in [4.78, 5) is 7.66. The molecule has 33 heavy (non-hydrogen) atoms. The van der Waals surface area contributed by atoms with Crippen molar-refractivity contribution in [1.82, 2.24) is 14.3 Å². The number of nitrogens with zero attached hydrogens (tertiary/aromatic N) is 3. The second-order valence-corrected chi connectivity index (χ2v) is 12.2. The molecule has 2 atom stereocenters. The van der Waals surface area contributed by atoms with Crippen LogP contribution >= 0.6 is 0 Å². The molecule has 10 heteroatoms. The summed E-state index contributed by atoms with van der Waals surface area (Å²) < 4.78 is 66.2. The van der Waals surface area contributed by atoms with E-state index >= 15 is 4.39 Å². The van der Waals surface area contributed by atoms with E-state index in [1.807, 2.05) is 37.3 Å². The molecule has 1 aromatic heterocycles. The Kier molecular flexibility index (Phi) is 6.35. The Morgan fingerprint density at radius 1 is 1.03 bits per heavy atom. The summed E-state index contributed by atoms with van der Waals surface area (Å²) in [6.07, 6.45) is 4.85. The predicted molar refractivity (Wildman–Crippen MR) is 123 cm³/mol. The Morgan fingerprint density at radius 2 is 1.70 bits per heavy atom. The minimum Gasteiger partial charge on any atom is -0.226 e. The van der Waals surface area contributed by atoms with Gasteiger partial charge in [-0.1, -0.05) is 42.5 Å². The summed E-state index contributed by atoms with van der Waals surface area (Å²) in [6, 6.07) is 13.3. The normalized spacial score (nSPS) is 21.1. The topological polar surface area (TPSA) is 97.3 Å². The first kappa shape index (κ1) is 23.5. The van der Waals surface area contributed by atoms with Gasteiger partial charge in [-0.15, -0.1) is 0 Å². The van der Waals surface area contributed by atoms with Crippen molar-refractivity contribution in [3.8, 4) is 11.1 Å². The molecule has 0 amide bonds. The highest BCUT2D eigenvalue weighted by Gasteiger charge is 2.40. The van der Waals surface area contributed by atoms with Gasteiger partial charge in [0.05, 0.1) is 0 Å². The summed E-state index contributed by atoms with van der Waals surface area (Å²) in [7, 11) is -7.21. The van der Waals surface area contributed by atoms with Crippen molar-refractivity contribution < 1.29 is 21.2 Å². The highest BCUT2D eigenvalue weighted by Crippen LogP contribution is 2.38. The molecular weight excluding hydrogens is 465 g/mol. The van der Waals surface area contributed by atoms with Crippen LogP contribution in [0.15, 0.2) is 66.1 Å². The van der Waals surface area contributed by atoms with Crippen LogP contribution in [0, 0.1) is 5.82 Å². The predicted octanol–water partition coefficient (Wildman–Crippen LogP) is 3.74. The van der Waals surface area contributed by atoms with Crippen molar-refractivity contribution >= 4 is 19.9 Å². The molecule has 2 heterocycles. The highest BCUT2D eigenvalue weighted by molar-refractivity contribution is 7.90. The number of aromatic nitrogens is 2. The van der Waals surface area contributed by atoms with Crippen molar-refractivity contribution in [2.75, 3.05) is 6.26 Å². The monoisotopic (exact) mass is 489 g/mol. The van der Waals surface area contributed by atoms with Gasteiger partial charge < -0.3 is 0 Å². The molecule has 174 valence electrons. The third-order valence-corrected chi connectivity index (χ3v) is 9.11. The maximum absolute atomic E-state index is 15.0. The van der Waals surface area contributed by atoms with Crippen LogP contribution in [-0.2, 0) is 26.4 Å². The standard InChI is InChI=1S/C23H24FN3O4S2/c1-16-8-11-22(17-6-4-3-5-7-17)33(30,31)27(16)15-19-10-9-18(12-21(19)24)20-13-25-23(26-14-20)32(2,28)29/h3-7,9-10,12-14,16,22H,8,11,15H2,1-2H3. The van der Waals surface area contributed by atoms with E-state index in [2.05, 4.69) is 9.97 Å². The van der Waals surface area contributed by atoms with Crippen LogP contribution in [0.2, 0.25) is 0 Å². The molecule has 0 saturated carbocycles. The van der Waals surface area contributed by atoms with Crippen molar-refractivity contribution in [3.05, 3.63) is 77.9 Å². The Bertz CT molecular complexity index is 1360. The number of benzene rings is 2. The lowest BCUT2D eigenvalue weighted by molar-refractivity contribution is 0.279. The summed E-state index contributed by atoms with van der Waals surface area (Å²) in [5.74, 6) is -0.552. The first-order valence-corrected chi connectivity index (χ1v) is 13.8. The second-order valence-electron chi connectivity index (χ2n) is 8.25. The Morgan fingerprint density at radius 3 is 2.30 bits per heavy atom. The number of halogens is 1. The lowest BCUT2D eigenvalue weighted by Gasteiger charge is -2.37. The molecule has 0 radical (unpaired) electrons. The van der Waals surface area contributed by atoms with E-state index in [0.717, 1.165) is 11.8 Å². The third-order valence-electron chi connectivity index (χ3n) is 5.87. The van der Waals surface area contributed by atoms with E-state index in [4.69, 9.17) is 0 Å². The fourth-order valence-electron chi connectivity index (χ4n) is 4.03. The van der Waals surface area contributed by atoms with Crippen LogP contribution in [0.25, 0.3) is 11.1 Å². The van der Waals surface area contributed by atoms with Crippen molar-refractivity contribution in [2.24, 2.45) is 0 Å². The Balaban J connectivity index is 1.60. The van der Waals surface area contributed by atoms with E-state index in [1.54, 1.807) is 12.1 Å². The average Bonchev–Trinajstić information content (AvgIpc) is 2.77. The van der Waals surface area contributed by atoms with Gasteiger partial charge in [0, 0.05) is 42.4 Å². The van der Waals surface area contributed by atoms with Crippen LogP contribution in [-0.4, -0.2) is 43.4 Å². The molecule has 3 aromatic rings. The smallest absolute Gasteiger partial charge is 0.226 e. The van der Waals surface area contributed by atoms with Crippen molar-refractivity contribution in [3.63, 3.8) is 0 Å². The van der Waals surface area contributed by atoms with Crippen LogP contribution in [0.1, 0.15) is 36.1 Å². The van der Waals surface area contributed by atoms with Crippen molar-refractivity contribution in [2.45, 2.75) is 42.8 Å². The lowest BCUT2D eigenvalue weighted by atomic mass is 10.0. The zero-order chi connectivity index (χ0) is 23.8. The highest BCUT2D eigenvalue weighted by atomic mass is 32.2. The fourth-order valence-corrected chi connectivity index (χ4v) is 6.71. The largest absolute Gasteiger partial charge is 0.246 e. The molecule has 4 rings (SSSR count). The molecule has 1 aliphatic heterocycles. The van der Waals surface area contributed by atoms with E-state index in [-0.39, 0.29) is 23.3 Å². The van der Waals surface area contributed by atoms with Gasteiger partial charge in [0.2, 0.25) is 25.0 Å². The molecule has 7 nitrogen and oxygen atoms in total. The molecule has 0 spiro atoms. The minimum absolute atomic E-state index is 0.0670. The van der Waals surface area contributed by atoms with Crippen LogP contribution in [0.3, 0.4) is 0 Å². The number of hydrogen-bond donors (Lipinski definition) is 0. The van der Waals surface area contributed by atoms with Gasteiger partial charge in [-0.3, -0.25) is 0 Å². The first-order valence-electron chi connectivity index (χ1n) is 10.4. The van der Waals surface area contributed by atoms with Gasteiger partial charge in [0.25, 0.3) is 0 Å². The number of sulfonamides is 1. The van der Waals surface area contributed by atoms with Crippen molar-refractivity contribution in [1.29, 1.82) is 0 Å². The minimum atomic E-state index is -3.67. The maximum atomic E-state index is 15.0. The fraction of sp³-hybridized carbons (Fsp3) is 0.304. The summed E-state index contributed by atoms with van der Waals surface area (Å²) in [5, 5.41) is -0.955. The van der Waals surface area contributed by atoms with Gasteiger partial charge in [-0.25, -0.2) is 31.2 Å². The SMILES string of the molecule is CC1CCC(c2ccccc2)S(=O)(=O)N1Cc1ccc(-c2cnc(S(C)(=O)=O)nc2)cc1F. The molecular formula is C23H24FN3O4S2. The van der Waals surface area contributed by atoms with E-state index < -0.39 is 30.9 Å². The Hall–Kier alpha value is -2.69. The van der Waals surface area contributed by atoms with E-state index in [9.17, 15) is 16.8 Å². The van der Waals surface area contributed by atoms with Crippen LogP contribution in [0.5, 0.6) is 0 Å². The maximum Gasteiger partial charge on any atom is 0.246 e. The first-order chi connectivity index (χ1) is 15.6. The van der Waals surface area contributed by atoms with Gasteiger partial charge in [0.1, 0.15) is 11.1 Å². The average molecular weight is 490 g/mol. The van der Waals surface area contributed by atoms with Crippen LogP contribution < -0.4 is 0 Å². The lowest BCUT2D eigenvalue weighted by Crippen LogP contribution is -2.44. The van der Waals surface area contributed by atoms with Gasteiger partial charge in [-0.05, 0) is 37.0 Å². The molecule has 2 aromatic carbocycles. The molecule has 2 unspecified atom stereocenters. The van der Waals surface area contributed by atoms with Gasteiger partial charge in [0.15, 0.2) is 0 Å². The second kappa shape index (κ2) is 8.92. The van der Waals surface area contributed by atoms with E-state index in [1.165, 1.54) is 22.8 Å². The molecule has 1 saturated heterocycles. The van der Waals surface area contributed by atoms with Crippen LogP contribution in [0.4, 0.5) is 4.39 Å². The molecule has 0 aliphatic carbocycles. The zero-order valence-corrected chi connectivity index (χ0v) is 19.9. The summed E-state index contributed by atoms with van der Waals surface area (Å²) in [5.41, 5.74) is 1.92. The van der Waals surface area contributed by atoms with Gasteiger partial charge >= 0.3 is 0 Å². The summed E-state index contributed by atoms with van der Waals surface area (Å²) in [6.45, 7) is 1.77. The molecule has 1 aliphatic rings. The number of rotatable bonds is 5. The zero-order valence-electron chi connectivity index (χ0n) is 18.2. The van der Waals surface area contributed by atoms with E-state index in [0.29, 0.717) is 24.0 Å². The molecule has 0 N–H and O–H groups in total. The number of sulfone groups is 1. The summed E-state index contributed by atoms with van der Waals surface area (Å²) >= 11 is 0. The third kappa shape index (κ3) is 4.83.